The first-order chi connectivity index (χ1) is 16.8. The Morgan fingerprint density at radius 1 is 1.03 bits per heavy atom. The van der Waals surface area contributed by atoms with Crippen molar-refractivity contribution in [1.29, 1.82) is 0 Å². The number of rotatable bonds is 5. The van der Waals surface area contributed by atoms with Gasteiger partial charge in [0.2, 0.25) is 10.0 Å². The van der Waals surface area contributed by atoms with Gasteiger partial charge in [-0.1, -0.05) is 24.3 Å². The van der Waals surface area contributed by atoms with Gasteiger partial charge in [0.15, 0.2) is 0 Å². The maximum absolute atomic E-state index is 13.1. The van der Waals surface area contributed by atoms with E-state index in [1.54, 1.807) is 18.3 Å². The molecule has 0 saturated heterocycles. The molecule has 8 nitrogen and oxygen atoms in total. The highest BCUT2D eigenvalue weighted by atomic mass is 79.9. The minimum absolute atomic E-state index is 0.115. The summed E-state index contributed by atoms with van der Waals surface area (Å²) in [5.41, 5.74) is 2.81. The summed E-state index contributed by atoms with van der Waals surface area (Å²) < 4.78 is 35.1. The average molecular weight is 554 g/mol. The number of esters is 1. The van der Waals surface area contributed by atoms with E-state index in [1.807, 2.05) is 24.3 Å². The minimum Gasteiger partial charge on any atom is -0.456 e. The summed E-state index contributed by atoms with van der Waals surface area (Å²) in [7, 11) is -3.70. The second-order valence-electron chi connectivity index (χ2n) is 8.12. The van der Waals surface area contributed by atoms with Crippen LogP contribution in [0.15, 0.2) is 87.1 Å². The van der Waals surface area contributed by atoms with Crippen LogP contribution in [0.1, 0.15) is 27.2 Å². The SMILES string of the molecule is O=C(OCc1cc(=O)n2cc(Br)ccc2n1)c1ccc(S(=O)(=O)N2CCc3ccccc3C2)cc1. The van der Waals surface area contributed by atoms with Crippen molar-refractivity contribution in [3.63, 3.8) is 0 Å². The molecule has 5 rings (SSSR count). The Bertz CT molecular complexity index is 1600. The van der Waals surface area contributed by atoms with Crippen LogP contribution in [0.25, 0.3) is 5.65 Å². The molecule has 0 unspecified atom stereocenters. The molecule has 1 aliphatic rings. The van der Waals surface area contributed by atoms with Gasteiger partial charge in [-0.3, -0.25) is 9.20 Å². The topological polar surface area (TPSA) is 98.0 Å². The Labute approximate surface area is 210 Å². The Hall–Kier alpha value is -3.34. The van der Waals surface area contributed by atoms with Crippen molar-refractivity contribution in [2.24, 2.45) is 0 Å². The third-order valence-electron chi connectivity index (χ3n) is 5.85. The van der Waals surface area contributed by atoms with E-state index in [2.05, 4.69) is 20.9 Å². The number of aromatic nitrogens is 2. The van der Waals surface area contributed by atoms with E-state index in [1.165, 1.54) is 39.0 Å². The number of benzene rings is 2. The van der Waals surface area contributed by atoms with Gasteiger partial charge in [0.1, 0.15) is 12.3 Å². The molecule has 0 amide bonds. The normalized spacial score (nSPS) is 14.0. The highest BCUT2D eigenvalue weighted by molar-refractivity contribution is 9.10. The Kier molecular flexibility index (Phi) is 6.26. The van der Waals surface area contributed by atoms with Crippen molar-refractivity contribution in [3.8, 4) is 0 Å². The number of halogens is 1. The van der Waals surface area contributed by atoms with Gasteiger partial charge in [-0.25, -0.2) is 18.2 Å². The van der Waals surface area contributed by atoms with Crippen LogP contribution in [0, 0.1) is 0 Å². The fraction of sp³-hybridized carbons (Fsp3) is 0.160. The van der Waals surface area contributed by atoms with Crippen LogP contribution < -0.4 is 5.56 Å². The molecule has 0 aliphatic carbocycles. The van der Waals surface area contributed by atoms with E-state index in [0.29, 0.717) is 30.9 Å². The van der Waals surface area contributed by atoms with Crippen molar-refractivity contribution in [2.75, 3.05) is 6.54 Å². The Morgan fingerprint density at radius 2 is 1.77 bits per heavy atom. The van der Waals surface area contributed by atoms with Gasteiger partial charge in [0.05, 0.1) is 16.2 Å². The summed E-state index contributed by atoms with van der Waals surface area (Å²) in [5, 5.41) is 0. The molecule has 2 aromatic carbocycles. The molecule has 178 valence electrons. The van der Waals surface area contributed by atoms with E-state index < -0.39 is 16.0 Å². The number of ether oxygens (including phenoxy) is 1. The first-order valence-electron chi connectivity index (χ1n) is 10.8. The number of sulfonamides is 1. The summed E-state index contributed by atoms with van der Waals surface area (Å²) in [6, 6.07) is 18.2. The molecule has 35 heavy (non-hydrogen) atoms. The minimum atomic E-state index is -3.70. The summed E-state index contributed by atoms with van der Waals surface area (Å²) in [4.78, 5) is 29.3. The molecule has 10 heteroatoms. The van der Waals surface area contributed by atoms with Gasteiger partial charge in [0, 0.05) is 29.8 Å². The Balaban J connectivity index is 1.27. The summed E-state index contributed by atoms with van der Waals surface area (Å²) in [6.07, 6.45) is 2.27. The van der Waals surface area contributed by atoms with Crippen LogP contribution >= 0.6 is 15.9 Å². The van der Waals surface area contributed by atoms with Crippen molar-refractivity contribution in [2.45, 2.75) is 24.5 Å². The number of nitrogens with zero attached hydrogens (tertiary/aromatic N) is 3. The molecule has 0 atom stereocenters. The second-order valence-corrected chi connectivity index (χ2v) is 11.0. The summed E-state index contributed by atoms with van der Waals surface area (Å²) in [5.74, 6) is -0.640. The summed E-state index contributed by atoms with van der Waals surface area (Å²) in [6.45, 7) is 0.532. The van der Waals surface area contributed by atoms with E-state index >= 15 is 0 Å². The van der Waals surface area contributed by atoms with Gasteiger partial charge >= 0.3 is 5.97 Å². The lowest BCUT2D eigenvalue weighted by molar-refractivity contribution is 0.0467. The molecule has 4 aromatic rings. The van der Waals surface area contributed by atoms with Crippen molar-refractivity contribution in [1.82, 2.24) is 13.7 Å². The first kappa shape index (κ1) is 23.4. The molecule has 0 saturated carbocycles. The smallest absolute Gasteiger partial charge is 0.338 e. The molecule has 1 aliphatic heterocycles. The fourth-order valence-electron chi connectivity index (χ4n) is 4.01. The third-order valence-corrected chi connectivity index (χ3v) is 8.18. The number of hydrogen-bond donors (Lipinski definition) is 0. The number of carbonyl (C=O) groups is 1. The third kappa shape index (κ3) is 4.77. The van der Waals surface area contributed by atoms with Crippen molar-refractivity contribution < 1.29 is 17.9 Å². The first-order valence-corrected chi connectivity index (χ1v) is 13.1. The van der Waals surface area contributed by atoms with E-state index in [-0.39, 0.29) is 22.6 Å². The van der Waals surface area contributed by atoms with Gasteiger partial charge < -0.3 is 4.74 Å². The summed E-state index contributed by atoms with van der Waals surface area (Å²) >= 11 is 3.31. The highest BCUT2D eigenvalue weighted by Crippen LogP contribution is 2.25. The predicted octanol–water partition coefficient (Wildman–Crippen LogP) is 3.56. The molecule has 0 radical (unpaired) electrons. The van der Waals surface area contributed by atoms with Crippen molar-refractivity contribution >= 4 is 37.6 Å². The largest absolute Gasteiger partial charge is 0.456 e. The maximum atomic E-state index is 13.1. The molecule has 3 heterocycles. The van der Waals surface area contributed by atoms with E-state index in [4.69, 9.17) is 4.74 Å². The number of fused-ring (bicyclic) bond motifs is 2. The molecule has 0 bridgehead atoms. The molecular weight excluding hydrogens is 534 g/mol. The van der Waals surface area contributed by atoms with Crippen LogP contribution in [-0.4, -0.2) is 34.6 Å². The molecule has 0 N–H and O–H groups in total. The lowest BCUT2D eigenvalue weighted by Crippen LogP contribution is -2.35. The average Bonchev–Trinajstić information content (AvgIpc) is 2.87. The lowest BCUT2D eigenvalue weighted by Gasteiger charge is -2.28. The van der Waals surface area contributed by atoms with Crippen LogP contribution in [0.2, 0.25) is 0 Å². The van der Waals surface area contributed by atoms with Gasteiger partial charge in [-0.15, -0.1) is 0 Å². The zero-order valence-corrected chi connectivity index (χ0v) is 20.8. The number of carbonyl (C=O) groups excluding carboxylic acids is 1. The molecule has 0 fully saturated rings. The maximum Gasteiger partial charge on any atom is 0.338 e. The van der Waals surface area contributed by atoms with Crippen molar-refractivity contribution in [3.05, 3.63) is 110 Å². The van der Waals surface area contributed by atoms with Gasteiger partial charge in [-0.2, -0.15) is 4.31 Å². The standard InChI is InChI=1S/C25H20BrN3O5S/c26-20-7-10-23-27-21(13-24(30)29(23)15-20)16-34-25(31)18-5-8-22(9-6-18)35(32,33)28-12-11-17-3-1-2-4-19(17)14-28/h1-10,13,15H,11-12,14,16H2. The predicted molar refractivity (Wildman–Crippen MR) is 132 cm³/mol. The zero-order valence-electron chi connectivity index (χ0n) is 18.4. The van der Waals surface area contributed by atoms with Crippen LogP contribution in [-0.2, 0) is 34.3 Å². The Morgan fingerprint density at radius 3 is 2.54 bits per heavy atom. The lowest BCUT2D eigenvalue weighted by atomic mass is 10.0. The zero-order chi connectivity index (χ0) is 24.6. The molecular formula is C25H20BrN3O5S. The van der Waals surface area contributed by atoms with E-state index in [0.717, 1.165) is 15.6 Å². The number of pyridine rings is 1. The monoisotopic (exact) mass is 553 g/mol. The highest BCUT2D eigenvalue weighted by Gasteiger charge is 2.28. The van der Waals surface area contributed by atoms with Crippen LogP contribution in [0.4, 0.5) is 0 Å². The molecule has 2 aromatic heterocycles. The molecule has 0 spiro atoms. The van der Waals surface area contributed by atoms with Gasteiger partial charge in [0.25, 0.3) is 5.56 Å². The quantitative estimate of drug-likeness (QED) is 0.350. The van der Waals surface area contributed by atoms with Gasteiger partial charge in [-0.05, 0) is 69.9 Å². The van der Waals surface area contributed by atoms with Crippen LogP contribution in [0.3, 0.4) is 0 Å². The van der Waals surface area contributed by atoms with E-state index in [9.17, 15) is 18.0 Å². The number of hydrogen-bond acceptors (Lipinski definition) is 6. The second kappa shape index (κ2) is 9.37. The van der Waals surface area contributed by atoms with Crippen LogP contribution in [0.5, 0.6) is 0 Å². The fourth-order valence-corrected chi connectivity index (χ4v) is 5.77.